The molecular formula is C20H25NO5. The van der Waals surface area contributed by atoms with Crippen LogP contribution in [0.5, 0.6) is 0 Å². The minimum absolute atomic E-state index is 0.158. The molecule has 0 bridgehead atoms. The zero-order chi connectivity index (χ0) is 19.1. The predicted molar refractivity (Wildman–Crippen MR) is 97.4 cm³/mol. The fraction of sp³-hybridized carbons (Fsp3) is 0.450. The summed E-state index contributed by atoms with van der Waals surface area (Å²) in [7, 11) is 1.32. The van der Waals surface area contributed by atoms with E-state index in [2.05, 4.69) is 4.74 Å². The van der Waals surface area contributed by atoms with Crippen molar-refractivity contribution in [3.05, 3.63) is 41.5 Å². The number of methoxy groups -OCH3 is 1. The Morgan fingerprint density at radius 2 is 1.73 bits per heavy atom. The third-order valence-corrected chi connectivity index (χ3v) is 4.56. The second kappa shape index (κ2) is 9.17. The third kappa shape index (κ3) is 5.18. The van der Waals surface area contributed by atoms with Crippen molar-refractivity contribution in [2.45, 2.75) is 45.2 Å². The van der Waals surface area contributed by atoms with E-state index in [-0.39, 0.29) is 24.6 Å². The van der Waals surface area contributed by atoms with Gasteiger partial charge in [0.2, 0.25) is 0 Å². The summed E-state index contributed by atoms with van der Waals surface area (Å²) in [6.45, 7) is 3.79. The summed E-state index contributed by atoms with van der Waals surface area (Å²) >= 11 is 0. The number of likely N-dealkylation sites (tertiary alicyclic amines) is 1. The lowest BCUT2D eigenvalue weighted by Crippen LogP contribution is -2.49. The van der Waals surface area contributed by atoms with Crippen LogP contribution in [0.2, 0.25) is 0 Å². The molecule has 1 aromatic rings. The summed E-state index contributed by atoms with van der Waals surface area (Å²) in [5, 5.41) is 0. The summed E-state index contributed by atoms with van der Waals surface area (Å²) < 4.78 is 9.69. The van der Waals surface area contributed by atoms with E-state index in [9.17, 15) is 14.4 Å². The molecule has 0 aliphatic carbocycles. The van der Waals surface area contributed by atoms with Crippen molar-refractivity contribution in [1.29, 1.82) is 0 Å². The number of hydrogen-bond donors (Lipinski definition) is 0. The van der Waals surface area contributed by atoms with Crippen LogP contribution < -0.4 is 0 Å². The molecule has 1 amide bonds. The van der Waals surface area contributed by atoms with E-state index < -0.39 is 11.9 Å². The number of benzene rings is 1. The lowest BCUT2D eigenvalue weighted by Gasteiger charge is -2.38. The highest BCUT2D eigenvalue weighted by molar-refractivity contribution is 5.91. The molecule has 0 radical (unpaired) electrons. The number of esters is 2. The molecule has 0 unspecified atom stereocenters. The van der Waals surface area contributed by atoms with Crippen LogP contribution in [-0.2, 0) is 19.1 Å². The maximum Gasteiger partial charge on any atom is 0.337 e. The van der Waals surface area contributed by atoms with Crippen LogP contribution in [0.4, 0.5) is 0 Å². The van der Waals surface area contributed by atoms with Crippen LogP contribution in [0.3, 0.4) is 0 Å². The molecule has 140 valence electrons. The Morgan fingerprint density at radius 3 is 2.31 bits per heavy atom. The number of ether oxygens (including phenoxy) is 2. The third-order valence-electron chi connectivity index (χ3n) is 4.56. The van der Waals surface area contributed by atoms with Crippen LogP contribution >= 0.6 is 0 Å². The second-order valence-corrected chi connectivity index (χ2v) is 6.48. The maximum atomic E-state index is 12.3. The van der Waals surface area contributed by atoms with Gasteiger partial charge < -0.3 is 14.4 Å². The molecule has 1 saturated heterocycles. The van der Waals surface area contributed by atoms with Gasteiger partial charge in [0.1, 0.15) is 0 Å². The van der Waals surface area contributed by atoms with E-state index in [4.69, 9.17) is 4.74 Å². The van der Waals surface area contributed by atoms with Crippen LogP contribution in [0, 0.1) is 0 Å². The van der Waals surface area contributed by atoms with Gasteiger partial charge >= 0.3 is 11.9 Å². The number of hydrogen-bond acceptors (Lipinski definition) is 5. The van der Waals surface area contributed by atoms with E-state index in [0.717, 1.165) is 24.8 Å². The smallest absolute Gasteiger partial charge is 0.337 e. The summed E-state index contributed by atoms with van der Waals surface area (Å²) in [6, 6.07) is 6.96. The quantitative estimate of drug-likeness (QED) is 0.597. The molecule has 1 aliphatic rings. The standard InChI is InChI=1S/C20H25NO5/c1-14-5-4-6-15(2)21(14)18(22)13-26-19(23)12-9-16-7-10-17(11-8-16)20(24)25-3/h7-12,14-15H,4-6,13H2,1-3H3/b12-9+/t14-,15+. The highest BCUT2D eigenvalue weighted by Crippen LogP contribution is 2.22. The van der Waals surface area contributed by atoms with E-state index in [1.807, 2.05) is 18.7 Å². The molecule has 1 aromatic carbocycles. The Labute approximate surface area is 153 Å². The minimum Gasteiger partial charge on any atom is -0.465 e. The monoisotopic (exact) mass is 359 g/mol. The number of piperidine rings is 1. The van der Waals surface area contributed by atoms with E-state index in [0.29, 0.717) is 5.56 Å². The van der Waals surface area contributed by atoms with Crippen LogP contribution in [0.15, 0.2) is 30.3 Å². The van der Waals surface area contributed by atoms with Crippen molar-refractivity contribution in [3.8, 4) is 0 Å². The van der Waals surface area contributed by atoms with Gasteiger partial charge in [0, 0.05) is 18.2 Å². The normalized spacial score (nSPS) is 20.0. The molecule has 6 nitrogen and oxygen atoms in total. The van der Waals surface area contributed by atoms with Gasteiger partial charge in [-0.05, 0) is 56.9 Å². The van der Waals surface area contributed by atoms with Crippen molar-refractivity contribution in [2.24, 2.45) is 0 Å². The Balaban J connectivity index is 1.85. The Morgan fingerprint density at radius 1 is 1.12 bits per heavy atom. The highest BCUT2D eigenvalue weighted by atomic mass is 16.5. The molecule has 2 rings (SSSR count). The first-order valence-electron chi connectivity index (χ1n) is 8.76. The van der Waals surface area contributed by atoms with Crippen LogP contribution in [0.25, 0.3) is 6.08 Å². The van der Waals surface area contributed by atoms with Crippen molar-refractivity contribution in [3.63, 3.8) is 0 Å². The topological polar surface area (TPSA) is 72.9 Å². The van der Waals surface area contributed by atoms with E-state index in [1.165, 1.54) is 13.2 Å². The average molecular weight is 359 g/mol. The molecule has 0 saturated carbocycles. The zero-order valence-corrected chi connectivity index (χ0v) is 15.4. The summed E-state index contributed by atoms with van der Waals surface area (Å²) in [5.74, 6) is -1.15. The van der Waals surface area contributed by atoms with E-state index >= 15 is 0 Å². The number of nitrogens with zero attached hydrogens (tertiary/aromatic N) is 1. The largest absolute Gasteiger partial charge is 0.465 e. The lowest BCUT2D eigenvalue weighted by molar-refractivity contribution is -0.151. The van der Waals surface area contributed by atoms with Gasteiger partial charge in [-0.3, -0.25) is 4.79 Å². The van der Waals surface area contributed by atoms with Crippen LogP contribution in [-0.4, -0.2) is 48.5 Å². The highest BCUT2D eigenvalue weighted by Gasteiger charge is 2.29. The van der Waals surface area contributed by atoms with Crippen molar-refractivity contribution < 1.29 is 23.9 Å². The average Bonchev–Trinajstić information content (AvgIpc) is 2.64. The van der Waals surface area contributed by atoms with Gasteiger partial charge in [-0.1, -0.05) is 12.1 Å². The molecule has 1 aliphatic heterocycles. The lowest BCUT2D eigenvalue weighted by atomic mass is 9.97. The Kier molecular flexibility index (Phi) is 6.95. The molecule has 1 fully saturated rings. The fourth-order valence-corrected chi connectivity index (χ4v) is 3.18. The molecule has 6 heteroatoms. The summed E-state index contributed by atoms with van der Waals surface area (Å²) in [6.07, 6.45) is 5.91. The number of amides is 1. The SMILES string of the molecule is COC(=O)c1ccc(/C=C/C(=O)OCC(=O)N2[C@H](C)CCC[C@@H]2C)cc1. The molecule has 0 aromatic heterocycles. The molecule has 1 heterocycles. The van der Waals surface area contributed by atoms with Gasteiger partial charge in [-0.2, -0.15) is 0 Å². The van der Waals surface area contributed by atoms with Crippen molar-refractivity contribution >= 4 is 23.9 Å². The zero-order valence-electron chi connectivity index (χ0n) is 15.4. The molecular weight excluding hydrogens is 334 g/mol. The number of rotatable bonds is 5. The van der Waals surface area contributed by atoms with Crippen molar-refractivity contribution in [2.75, 3.05) is 13.7 Å². The van der Waals surface area contributed by atoms with Gasteiger partial charge in [0.15, 0.2) is 6.61 Å². The fourth-order valence-electron chi connectivity index (χ4n) is 3.18. The van der Waals surface area contributed by atoms with E-state index in [1.54, 1.807) is 30.3 Å². The number of carbonyl (C=O) groups is 3. The van der Waals surface area contributed by atoms with Gasteiger partial charge in [0.25, 0.3) is 5.91 Å². The first-order chi connectivity index (χ1) is 12.4. The molecule has 2 atom stereocenters. The summed E-state index contributed by atoms with van der Waals surface area (Å²) in [5.41, 5.74) is 1.17. The van der Waals surface area contributed by atoms with Crippen molar-refractivity contribution in [1.82, 2.24) is 4.90 Å². The predicted octanol–water partition coefficient (Wildman–Crippen LogP) is 2.82. The van der Waals surface area contributed by atoms with Gasteiger partial charge in [-0.15, -0.1) is 0 Å². The first-order valence-corrected chi connectivity index (χ1v) is 8.76. The molecule has 0 spiro atoms. The molecule has 26 heavy (non-hydrogen) atoms. The number of carbonyl (C=O) groups excluding carboxylic acids is 3. The summed E-state index contributed by atoms with van der Waals surface area (Å²) in [4.78, 5) is 37.3. The minimum atomic E-state index is -0.576. The Bertz CT molecular complexity index is 670. The van der Waals surface area contributed by atoms with Gasteiger partial charge in [-0.25, -0.2) is 9.59 Å². The van der Waals surface area contributed by atoms with Gasteiger partial charge in [0.05, 0.1) is 12.7 Å². The Hall–Kier alpha value is -2.63. The first kappa shape index (κ1) is 19.7. The second-order valence-electron chi connectivity index (χ2n) is 6.48. The molecule has 0 N–H and O–H groups in total. The van der Waals surface area contributed by atoms with Crippen LogP contribution in [0.1, 0.15) is 49.0 Å². The maximum absolute atomic E-state index is 12.3.